The standard InChI is InChI=1S/C6H6N2O2/c9-5-3-7-6-4(8-5)1-2-10-6/h1-2,7H,3H2,(H,8,9). The molecule has 1 aromatic rings. The number of fused-ring (bicyclic) bond motifs is 1. The molecule has 0 atom stereocenters. The summed E-state index contributed by atoms with van der Waals surface area (Å²) in [6, 6.07) is 1.71. The molecule has 0 unspecified atom stereocenters. The van der Waals surface area contributed by atoms with Crippen molar-refractivity contribution in [3.05, 3.63) is 12.3 Å². The van der Waals surface area contributed by atoms with Crippen LogP contribution >= 0.6 is 0 Å². The van der Waals surface area contributed by atoms with Gasteiger partial charge in [0, 0.05) is 6.07 Å². The summed E-state index contributed by atoms with van der Waals surface area (Å²) in [5.74, 6) is 0.605. The predicted molar refractivity (Wildman–Crippen MR) is 35.8 cm³/mol. The lowest BCUT2D eigenvalue weighted by atomic mass is 10.4. The number of hydrogen-bond donors (Lipinski definition) is 2. The zero-order valence-corrected chi connectivity index (χ0v) is 5.18. The number of rotatable bonds is 0. The van der Waals surface area contributed by atoms with E-state index in [4.69, 9.17) is 4.42 Å². The second kappa shape index (κ2) is 1.76. The van der Waals surface area contributed by atoms with Crippen molar-refractivity contribution in [3.63, 3.8) is 0 Å². The summed E-state index contributed by atoms with van der Waals surface area (Å²) in [6.45, 7) is 0.292. The molecule has 0 aliphatic carbocycles. The summed E-state index contributed by atoms with van der Waals surface area (Å²) in [4.78, 5) is 10.7. The highest BCUT2D eigenvalue weighted by Crippen LogP contribution is 2.24. The van der Waals surface area contributed by atoms with Crippen molar-refractivity contribution in [2.75, 3.05) is 17.2 Å². The van der Waals surface area contributed by atoms with Gasteiger partial charge in [-0.25, -0.2) is 0 Å². The minimum atomic E-state index is -0.0334. The minimum Gasteiger partial charge on any atom is -0.447 e. The van der Waals surface area contributed by atoms with Crippen molar-refractivity contribution in [3.8, 4) is 0 Å². The highest BCUT2D eigenvalue weighted by atomic mass is 16.3. The largest absolute Gasteiger partial charge is 0.447 e. The van der Waals surface area contributed by atoms with Gasteiger partial charge in [0.05, 0.1) is 12.8 Å². The van der Waals surface area contributed by atoms with Gasteiger partial charge in [-0.15, -0.1) is 0 Å². The topological polar surface area (TPSA) is 54.3 Å². The molecule has 0 saturated heterocycles. The average molecular weight is 138 g/mol. The second-order valence-electron chi connectivity index (χ2n) is 2.07. The Morgan fingerprint density at radius 1 is 1.60 bits per heavy atom. The predicted octanol–water partition coefficient (Wildman–Crippen LogP) is 0.644. The van der Waals surface area contributed by atoms with Crippen LogP contribution in [0.25, 0.3) is 0 Å². The normalized spacial score (nSPS) is 15.4. The fraction of sp³-hybridized carbons (Fsp3) is 0.167. The van der Waals surface area contributed by atoms with Crippen LogP contribution in [0.1, 0.15) is 0 Å². The highest BCUT2D eigenvalue weighted by molar-refractivity contribution is 5.99. The SMILES string of the molecule is O=C1CNc2occc2N1. The molecular formula is C6H6N2O2. The van der Waals surface area contributed by atoms with Crippen LogP contribution in [0.3, 0.4) is 0 Å². The molecule has 0 saturated carbocycles. The van der Waals surface area contributed by atoms with E-state index in [0.29, 0.717) is 12.4 Å². The van der Waals surface area contributed by atoms with E-state index in [0.717, 1.165) is 5.69 Å². The molecule has 2 rings (SSSR count). The van der Waals surface area contributed by atoms with E-state index in [1.165, 1.54) is 6.26 Å². The first-order chi connectivity index (χ1) is 4.86. The van der Waals surface area contributed by atoms with Gasteiger partial charge >= 0.3 is 0 Å². The van der Waals surface area contributed by atoms with Crippen LogP contribution in [0.5, 0.6) is 0 Å². The number of nitrogens with one attached hydrogen (secondary N) is 2. The van der Waals surface area contributed by atoms with Crippen LogP contribution in [0.2, 0.25) is 0 Å². The Labute approximate surface area is 57.2 Å². The van der Waals surface area contributed by atoms with Gasteiger partial charge in [0.1, 0.15) is 5.69 Å². The van der Waals surface area contributed by atoms with Gasteiger partial charge in [0.25, 0.3) is 0 Å². The smallest absolute Gasteiger partial charge is 0.243 e. The number of furan rings is 1. The first-order valence-corrected chi connectivity index (χ1v) is 2.97. The third-order valence-corrected chi connectivity index (χ3v) is 1.35. The Morgan fingerprint density at radius 3 is 3.40 bits per heavy atom. The van der Waals surface area contributed by atoms with E-state index in [1.807, 2.05) is 0 Å². The van der Waals surface area contributed by atoms with Crippen LogP contribution in [-0.2, 0) is 4.79 Å². The monoisotopic (exact) mass is 138 g/mol. The molecule has 0 spiro atoms. The first-order valence-electron chi connectivity index (χ1n) is 2.97. The van der Waals surface area contributed by atoms with E-state index in [1.54, 1.807) is 6.07 Å². The van der Waals surface area contributed by atoms with E-state index < -0.39 is 0 Å². The van der Waals surface area contributed by atoms with Crippen LogP contribution in [-0.4, -0.2) is 12.5 Å². The van der Waals surface area contributed by atoms with Crippen LogP contribution in [0.4, 0.5) is 11.6 Å². The Balaban J connectivity index is 2.39. The fourth-order valence-corrected chi connectivity index (χ4v) is 0.900. The molecule has 1 aliphatic rings. The maximum absolute atomic E-state index is 10.7. The number of carbonyl (C=O) groups excluding carboxylic acids is 1. The molecule has 0 fully saturated rings. The molecule has 0 radical (unpaired) electrons. The third kappa shape index (κ3) is 0.655. The molecule has 4 heteroatoms. The fourth-order valence-electron chi connectivity index (χ4n) is 0.900. The molecule has 0 bridgehead atoms. The third-order valence-electron chi connectivity index (χ3n) is 1.35. The van der Waals surface area contributed by atoms with E-state index in [2.05, 4.69) is 10.6 Å². The quantitative estimate of drug-likeness (QED) is 0.553. The highest BCUT2D eigenvalue weighted by Gasteiger charge is 2.15. The van der Waals surface area contributed by atoms with Crippen molar-refractivity contribution < 1.29 is 9.21 Å². The van der Waals surface area contributed by atoms with E-state index in [-0.39, 0.29) is 5.91 Å². The Bertz CT molecular complexity index is 266. The molecule has 1 aliphatic heterocycles. The zero-order valence-electron chi connectivity index (χ0n) is 5.18. The molecule has 52 valence electrons. The summed E-state index contributed by atoms with van der Waals surface area (Å²) in [5.41, 5.74) is 0.719. The van der Waals surface area contributed by atoms with E-state index >= 15 is 0 Å². The van der Waals surface area contributed by atoms with Crippen molar-refractivity contribution in [1.82, 2.24) is 0 Å². The van der Waals surface area contributed by atoms with Gasteiger partial charge in [-0.1, -0.05) is 0 Å². The van der Waals surface area contributed by atoms with Crippen LogP contribution in [0, 0.1) is 0 Å². The molecule has 10 heavy (non-hydrogen) atoms. The Kier molecular flexibility index (Phi) is 0.943. The average Bonchev–Trinajstić information content (AvgIpc) is 2.33. The maximum Gasteiger partial charge on any atom is 0.243 e. The minimum absolute atomic E-state index is 0.0334. The molecule has 1 aromatic heterocycles. The van der Waals surface area contributed by atoms with Crippen molar-refractivity contribution in [2.24, 2.45) is 0 Å². The summed E-state index contributed by atoms with van der Waals surface area (Å²) < 4.78 is 4.98. The van der Waals surface area contributed by atoms with Gasteiger partial charge in [-0.3, -0.25) is 4.79 Å². The van der Waals surface area contributed by atoms with Crippen molar-refractivity contribution >= 4 is 17.5 Å². The lowest BCUT2D eigenvalue weighted by Crippen LogP contribution is -2.26. The van der Waals surface area contributed by atoms with Gasteiger partial charge < -0.3 is 15.1 Å². The zero-order chi connectivity index (χ0) is 6.97. The maximum atomic E-state index is 10.7. The number of hydrogen-bond acceptors (Lipinski definition) is 3. The summed E-state index contributed by atoms with van der Waals surface area (Å²) in [5, 5.41) is 5.46. The van der Waals surface area contributed by atoms with Crippen LogP contribution < -0.4 is 10.6 Å². The molecule has 2 N–H and O–H groups in total. The van der Waals surface area contributed by atoms with Gasteiger partial charge in [0.2, 0.25) is 11.8 Å². The molecule has 4 nitrogen and oxygen atoms in total. The summed E-state index contributed by atoms with van der Waals surface area (Å²) in [7, 11) is 0. The van der Waals surface area contributed by atoms with Gasteiger partial charge in [-0.05, 0) is 0 Å². The van der Waals surface area contributed by atoms with Gasteiger partial charge in [-0.2, -0.15) is 0 Å². The number of amides is 1. The van der Waals surface area contributed by atoms with Crippen molar-refractivity contribution in [2.45, 2.75) is 0 Å². The molecule has 1 amide bonds. The Hall–Kier alpha value is -1.45. The summed E-state index contributed by atoms with van der Waals surface area (Å²) in [6.07, 6.45) is 1.53. The van der Waals surface area contributed by atoms with E-state index in [9.17, 15) is 4.79 Å². The lowest BCUT2D eigenvalue weighted by Gasteiger charge is -2.11. The number of carbonyl (C=O) groups is 1. The van der Waals surface area contributed by atoms with Crippen LogP contribution in [0.15, 0.2) is 16.7 Å². The summed E-state index contributed by atoms with van der Waals surface area (Å²) >= 11 is 0. The Morgan fingerprint density at radius 2 is 2.50 bits per heavy atom. The molecule has 0 aromatic carbocycles. The van der Waals surface area contributed by atoms with Gasteiger partial charge in [0.15, 0.2) is 0 Å². The number of anilines is 2. The second-order valence-corrected chi connectivity index (χ2v) is 2.07. The van der Waals surface area contributed by atoms with Crippen molar-refractivity contribution in [1.29, 1.82) is 0 Å². The molecule has 2 heterocycles. The lowest BCUT2D eigenvalue weighted by molar-refractivity contribution is -0.114. The molecular weight excluding hydrogens is 132 g/mol. The first kappa shape index (κ1) is 5.34.